The standard InChI is InChI=1S/C12H23N3O6/c13-8(11(18)19)3-7-15-9(12(20)21)4-6-14-5-1-2-10(16)17/h8-9,14-15H,1-7,13H2,(H,16,17)(H,18,19)(H,20,21)/t8?,9-/m0/s1. The Morgan fingerprint density at radius 2 is 1.62 bits per heavy atom. The van der Waals surface area contributed by atoms with Crippen molar-refractivity contribution in [3.63, 3.8) is 0 Å². The predicted octanol–water partition coefficient (Wildman–Crippen LogP) is -1.32. The van der Waals surface area contributed by atoms with Gasteiger partial charge < -0.3 is 31.7 Å². The van der Waals surface area contributed by atoms with E-state index >= 15 is 0 Å². The van der Waals surface area contributed by atoms with Crippen molar-refractivity contribution < 1.29 is 29.7 Å². The van der Waals surface area contributed by atoms with Gasteiger partial charge in [-0.25, -0.2) is 0 Å². The zero-order valence-corrected chi connectivity index (χ0v) is 11.7. The van der Waals surface area contributed by atoms with Crippen LogP contribution in [0.2, 0.25) is 0 Å². The van der Waals surface area contributed by atoms with Gasteiger partial charge >= 0.3 is 17.9 Å². The first-order valence-electron chi connectivity index (χ1n) is 6.71. The number of carboxylic acids is 3. The number of nitrogens with two attached hydrogens (primary N) is 1. The van der Waals surface area contributed by atoms with E-state index in [1.807, 2.05) is 0 Å². The average molecular weight is 305 g/mol. The summed E-state index contributed by atoms with van der Waals surface area (Å²) in [5.41, 5.74) is 5.31. The molecule has 0 saturated carbocycles. The number of carbonyl (C=O) groups is 3. The van der Waals surface area contributed by atoms with E-state index in [9.17, 15) is 14.4 Å². The molecule has 0 saturated heterocycles. The lowest BCUT2D eigenvalue weighted by atomic mass is 10.1. The summed E-state index contributed by atoms with van der Waals surface area (Å²) >= 11 is 0. The van der Waals surface area contributed by atoms with Crippen LogP contribution in [0.4, 0.5) is 0 Å². The molecule has 7 N–H and O–H groups in total. The zero-order valence-electron chi connectivity index (χ0n) is 11.7. The van der Waals surface area contributed by atoms with Gasteiger partial charge in [0.15, 0.2) is 0 Å². The fourth-order valence-corrected chi connectivity index (χ4v) is 1.59. The average Bonchev–Trinajstić information content (AvgIpc) is 2.39. The maximum Gasteiger partial charge on any atom is 0.320 e. The molecule has 0 aromatic carbocycles. The predicted molar refractivity (Wildman–Crippen MR) is 74.0 cm³/mol. The summed E-state index contributed by atoms with van der Waals surface area (Å²) < 4.78 is 0. The van der Waals surface area contributed by atoms with E-state index in [1.54, 1.807) is 0 Å². The normalized spacial score (nSPS) is 13.6. The first-order valence-corrected chi connectivity index (χ1v) is 6.71. The van der Waals surface area contributed by atoms with Crippen LogP contribution in [-0.2, 0) is 14.4 Å². The molecule has 0 radical (unpaired) electrons. The number of nitrogens with one attached hydrogen (secondary N) is 2. The van der Waals surface area contributed by atoms with Crippen LogP contribution in [0, 0.1) is 0 Å². The minimum atomic E-state index is -1.12. The van der Waals surface area contributed by atoms with E-state index in [-0.39, 0.29) is 19.4 Å². The van der Waals surface area contributed by atoms with Gasteiger partial charge in [-0.05, 0) is 38.9 Å². The number of rotatable bonds is 13. The first-order chi connectivity index (χ1) is 9.84. The quantitative estimate of drug-likeness (QED) is 0.226. The Morgan fingerprint density at radius 1 is 0.952 bits per heavy atom. The summed E-state index contributed by atoms with van der Waals surface area (Å²) in [5.74, 6) is -3.01. The maximum atomic E-state index is 11.0. The van der Waals surface area contributed by atoms with Crippen LogP contribution in [0.25, 0.3) is 0 Å². The molecule has 0 aliphatic rings. The highest BCUT2D eigenvalue weighted by molar-refractivity contribution is 5.74. The molecule has 0 heterocycles. The Labute approximate surface area is 122 Å². The van der Waals surface area contributed by atoms with Gasteiger partial charge in [0, 0.05) is 6.42 Å². The largest absolute Gasteiger partial charge is 0.481 e. The van der Waals surface area contributed by atoms with Gasteiger partial charge in [-0.2, -0.15) is 0 Å². The summed E-state index contributed by atoms with van der Waals surface area (Å²) in [7, 11) is 0. The van der Waals surface area contributed by atoms with E-state index < -0.39 is 30.0 Å². The van der Waals surface area contributed by atoms with Crippen LogP contribution >= 0.6 is 0 Å². The number of hydrogen-bond acceptors (Lipinski definition) is 6. The van der Waals surface area contributed by atoms with Gasteiger partial charge in [0.1, 0.15) is 12.1 Å². The lowest BCUT2D eigenvalue weighted by Gasteiger charge is -2.15. The van der Waals surface area contributed by atoms with E-state index in [0.29, 0.717) is 25.9 Å². The second kappa shape index (κ2) is 11.0. The Bertz CT molecular complexity index is 350. The third-order valence-corrected chi connectivity index (χ3v) is 2.82. The van der Waals surface area contributed by atoms with Crippen LogP contribution in [0.5, 0.6) is 0 Å². The van der Waals surface area contributed by atoms with Crippen LogP contribution in [0.15, 0.2) is 0 Å². The number of hydrogen-bond donors (Lipinski definition) is 6. The molecule has 0 bridgehead atoms. The highest BCUT2D eigenvalue weighted by atomic mass is 16.4. The molecule has 2 atom stereocenters. The Balaban J connectivity index is 3.80. The SMILES string of the molecule is NC(CCN[C@@H](CCNCCCC(=O)O)C(=O)O)C(=O)O. The molecular formula is C12H23N3O6. The Hall–Kier alpha value is -1.71. The highest BCUT2D eigenvalue weighted by Crippen LogP contribution is 1.94. The second-order valence-electron chi connectivity index (χ2n) is 4.61. The van der Waals surface area contributed by atoms with Crippen molar-refractivity contribution in [3.8, 4) is 0 Å². The smallest absolute Gasteiger partial charge is 0.320 e. The lowest BCUT2D eigenvalue weighted by molar-refractivity contribution is -0.139. The molecule has 9 heteroatoms. The van der Waals surface area contributed by atoms with Crippen molar-refractivity contribution in [2.75, 3.05) is 19.6 Å². The van der Waals surface area contributed by atoms with Crippen molar-refractivity contribution in [3.05, 3.63) is 0 Å². The van der Waals surface area contributed by atoms with Crippen LogP contribution < -0.4 is 16.4 Å². The summed E-state index contributed by atoms with van der Waals surface area (Å²) in [6.07, 6.45) is 1.00. The molecule has 9 nitrogen and oxygen atoms in total. The molecule has 0 aromatic heterocycles. The Morgan fingerprint density at radius 3 is 2.14 bits per heavy atom. The minimum absolute atomic E-state index is 0.0701. The van der Waals surface area contributed by atoms with E-state index in [1.165, 1.54) is 0 Å². The monoisotopic (exact) mass is 305 g/mol. The third-order valence-electron chi connectivity index (χ3n) is 2.82. The molecule has 0 fully saturated rings. The lowest BCUT2D eigenvalue weighted by Crippen LogP contribution is -2.42. The molecule has 0 aliphatic heterocycles. The van der Waals surface area contributed by atoms with Crippen molar-refractivity contribution in [1.82, 2.24) is 10.6 Å². The van der Waals surface area contributed by atoms with Crippen molar-refractivity contribution in [2.24, 2.45) is 5.73 Å². The zero-order chi connectivity index (χ0) is 16.3. The fourth-order valence-electron chi connectivity index (χ4n) is 1.59. The topological polar surface area (TPSA) is 162 Å². The van der Waals surface area contributed by atoms with Gasteiger partial charge in [-0.3, -0.25) is 14.4 Å². The molecule has 0 amide bonds. The van der Waals surface area contributed by atoms with Crippen molar-refractivity contribution in [2.45, 2.75) is 37.8 Å². The molecule has 0 spiro atoms. The van der Waals surface area contributed by atoms with Gasteiger partial charge in [-0.1, -0.05) is 0 Å². The summed E-state index contributed by atoms with van der Waals surface area (Å²) in [6.45, 7) is 1.13. The van der Waals surface area contributed by atoms with Gasteiger partial charge in [0.05, 0.1) is 0 Å². The number of carboxylic acid groups (broad SMARTS) is 3. The number of aliphatic carboxylic acids is 3. The van der Waals surface area contributed by atoms with E-state index in [4.69, 9.17) is 21.1 Å². The van der Waals surface area contributed by atoms with Crippen LogP contribution in [0.1, 0.15) is 25.7 Å². The first kappa shape index (κ1) is 19.3. The van der Waals surface area contributed by atoms with Crippen LogP contribution in [0.3, 0.4) is 0 Å². The molecule has 1 unspecified atom stereocenters. The molecule has 0 aromatic rings. The van der Waals surface area contributed by atoms with E-state index in [2.05, 4.69) is 10.6 Å². The van der Waals surface area contributed by atoms with Gasteiger partial charge in [-0.15, -0.1) is 0 Å². The minimum Gasteiger partial charge on any atom is -0.481 e. The second-order valence-corrected chi connectivity index (χ2v) is 4.61. The van der Waals surface area contributed by atoms with Gasteiger partial charge in [0.25, 0.3) is 0 Å². The highest BCUT2D eigenvalue weighted by Gasteiger charge is 2.17. The van der Waals surface area contributed by atoms with E-state index in [0.717, 1.165) is 0 Å². The summed E-state index contributed by atoms with van der Waals surface area (Å²) in [6, 6.07) is -1.81. The maximum absolute atomic E-state index is 11.0. The molecular weight excluding hydrogens is 282 g/mol. The molecule has 21 heavy (non-hydrogen) atoms. The third kappa shape index (κ3) is 10.7. The molecule has 122 valence electrons. The molecule has 0 rings (SSSR count). The van der Waals surface area contributed by atoms with Gasteiger partial charge in [0.2, 0.25) is 0 Å². The molecule has 0 aliphatic carbocycles. The van der Waals surface area contributed by atoms with Crippen molar-refractivity contribution in [1.29, 1.82) is 0 Å². The fraction of sp³-hybridized carbons (Fsp3) is 0.750. The van der Waals surface area contributed by atoms with Crippen molar-refractivity contribution >= 4 is 17.9 Å². The Kier molecular flexibility index (Phi) is 10.1. The van der Waals surface area contributed by atoms with Crippen LogP contribution in [-0.4, -0.2) is 64.9 Å². The summed E-state index contributed by atoms with van der Waals surface area (Å²) in [4.78, 5) is 31.8. The summed E-state index contributed by atoms with van der Waals surface area (Å²) in [5, 5.41) is 31.7.